The lowest BCUT2D eigenvalue weighted by Gasteiger charge is -2.42. The second-order valence-corrected chi connectivity index (χ2v) is 8.84. The van der Waals surface area contributed by atoms with E-state index in [0.717, 1.165) is 48.5 Å². The molecule has 164 valence electrons. The number of nitrogens with one attached hydrogen (secondary N) is 1. The van der Waals surface area contributed by atoms with Gasteiger partial charge in [0.1, 0.15) is 11.4 Å². The predicted molar refractivity (Wildman–Crippen MR) is 121 cm³/mol. The first-order chi connectivity index (χ1) is 14.8. The van der Waals surface area contributed by atoms with Gasteiger partial charge in [0.15, 0.2) is 0 Å². The first-order valence-corrected chi connectivity index (χ1v) is 11.0. The zero-order valence-corrected chi connectivity index (χ0v) is 18.6. The summed E-state index contributed by atoms with van der Waals surface area (Å²) in [5.74, 6) is 0.935. The van der Waals surface area contributed by atoms with Gasteiger partial charge >= 0.3 is 0 Å². The highest BCUT2D eigenvalue weighted by Crippen LogP contribution is 2.35. The summed E-state index contributed by atoms with van der Waals surface area (Å²) in [6.45, 7) is 8.73. The molecular weight excluding hydrogens is 390 g/mol. The standard InChI is InChI=1S/C25H31N3O3/c1-18-7-6-9-22(19(18)2)26-24(30)16-27-13-11-25(12-14-27)17-28(20(3)29)15-21-8-4-5-10-23(21)31-25/h4-10H,11-17H2,1-3H3,(H,26,30). The Morgan fingerprint density at radius 1 is 1.06 bits per heavy atom. The highest BCUT2D eigenvalue weighted by atomic mass is 16.5. The summed E-state index contributed by atoms with van der Waals surface area (Å²) < 4.78 is 6.52. The number of fused-ring (bicyclic) bond motifs is 1. The first-order valence-electron chi connectivity index (χ1n) is 11.0. The molecule has 0 atom stereocenters. The van der Waals surface area contributed by atoms with Crippen LogP contribution in [0.3, 0.4) is 0 Å². The van der Waals surface area contributed by atoms with Crippen molar-refractivity contribution in [2.75, 3.05) is 31.5 Å². The van der Waals surface area contributed by atoms with Gasteiger partial charge in [0.25, 0.3) is 0 Å². The van der Waals surface area contributed by atoms with Gasteiger partial charge in [-0.2, -0.15) is 0 Å². The molecule has 1 N–H and O–H groups in total. The highest BCUT2D eigenvalue weighted by molar-refractivity contribution is 5.93. The van der Waals surface area contributed by atoms with Gasteiger partial charge in [-0.3, -0.25) is 14.5 Å². The third-order valence-electron chi connectivity index (χ3n) is 6.60. The molecule has 2 aromatic rings. The van der Waals surface area contributed by atoms with Crippen molar-refractivity contribution < 1.29 is 14.3 Å². The van der Waals surface area contributed by atoms with E-state index >= 15 is 0 Å². The average molecular weight is 422 g/mol. The Hall–Kier alpha value is -2.86. The molecule has 6 nitrogen and oxygen atoms in total. The molecular formula is C25H31N3O3. The van der Waals surface area contributed by atoms with Gasteiger partial charge in [0, 0.05) is 50.7 Å². The van der Waals surface area contributed by atoms with Crippen molar-refractivity contribution in [1.82, 2.24) is 9.80 Å². The van der Waals surface area contributed by atoms with Gasteiger partial charge < -0.3 is 15.0 Å². The van der Waals surface area contributed by atoms with Crippen LogP contribution in [0.2, 0.25) is 0 Å². The Bertz CT molecular complexity index is 980. The van der Waals surface area contributed by atoms with E-state index in [2.05, 4.69) is 10.2 Å². The zero-order chi connectivity index (χ0) is 22.0. The van der Waals surface area contributed by atoms with Crippen molar-refractivity contribution in [2.45, 2.75) is 45.8 Å². The van der Waals surface area contributed by atoms with Crippen LogP contribution in [0.1, 0.15) is 36.5 Å². The Morgan fingerprint density at radius 2 is 1.81 bits per heavy atom. The van der Waals surface area contributed by atoms with Crippen LogP contribution in [0.15, 0.2) is 42.5 Å². The van der Waals surface area contributed by atoms with E-state index < -0.39 is 5.60 Å². The molecule has 2 aliphatic heterocycles. The topological polar surface area (TPSA) is 61.9 Å². The van der Waals surface area contributed by atoms with Crippen LogP contribution in [-0.4, -0.2) is 53.4 Å². The Balaban J connectivity index is 1.40. The van der Waals surface area contributed by atoms with E-state index in [1.165, 1.54) is 5.56 Å². The molecule has 2 aromatic carbocycles. The molecule has 0 saturated carbocycles. The summed E-state index contributed by atoms with van der Waals surface area (Å²) in [6, 6.07) is 13.9. The molecule has 31 heavy (non-hydrogen) atoms. The fourth-order valence-corrected chi connectivity index (χ4v) is 4.49. The monoisotopic (exact) mass is 421 g/mol. The maximum Gasteiger partial charge on any atom is 0.238 e. The number of hydrogen-bond acceptors (Lipinski definition) is 4. The summed E-state index contributed by atoms with van der Waals surface area (Å²) in [4.78, 5) is 28.9. The minimum absolute atomic E-state index is 0.00198. The number of ether oxygens (including phenoxy) is 1. The Morgan fingerprint density at radius 3 is 2.55 bits per heavy atom. The van der Waals surface area contributed by atoms with Crippen LogP contribution in [0.5, 0.6) is 5.75 Å². The molecule has 0 bridgehead atoms. The molecule has 1 fully saturated rings. The molecule has 1 spiro atoms. The summed E-state index contributed by atoms with van der Waals surface area (Å²) in [7, 11) is 0. The minimum Gasteiger partial charge on any atom is -0.485 e. The Kier molecular flexibility index (Phi) is 6.01. The maximum absolute atomic E-state index is 12.6. The number of nitrogens with zero attached hydrogens (tertiary/aromatic N) is 2. The molecule has 1 saturated heterocycles. The smallest absolute Gasteiger partial charge is 0.238 e. The van der Waals surface area contributed by atoms with E-state index in [9.17, 15) is 9.59 Å². The van der Waals surface area contributed by atoms with Crippen LogP contribution in [0, 0.1) is 13.8 Å². The molecule has 0 unspecified atom stereocenters. The third kappa shape index (κ3) is 4.74. The summed E-state index contributed by atoms with van der Waals surface area (Å²) in [5.41, 5.74) is 3.78. The van der Waals surface area contributed by atoms with Crippen LogP contribution in [0.25, 0.3) is 0 Å². The molecule has 0 aromatic heterocycles. The zero-order valence-electron chi connectivity index (χ0n) is 18.6. The number of para-hydroxylation sites is 1. The number of likely N-dealkylation sites (tertiary alicyclic amines) is 1. The molecule has 6 heteroatoms. The van der Waals surface area contributed by atoms with Crippen molar-refractivity contribution in [1.29, 1.82) is 0 Å². The number of piperidine rings is 1. The lowest BCUT2D eigenvalue weighted by Crippen LogP contribution is -2.54. The second-order valence-electron chi connectivity index (χ2n) is 8.84. The highest BCUT2D eigenvalue weighted by Gasteiger charge is 2.41. The number of carbonyl (C=O) groups is 2. The van der Waals surface area contributed by atoms with E-state index in [1.54, 1.807) is 6.92 Å². The fourth-order valence-electron chi connectivity index (χ4n) is 4.49. The predicted octanol–water partition coefficient (Wildman–Crippen LogP) is 3.52. The van der Waals surface area contributed by atoms with Crippen molar-refractivity contribution in [2.24, 2.45) is 0 Å². The van der Waals surface area contributed by atoms with Crippen LogP contribution in [0.4, 0.5) is 5.69 Å². The average Bonchev–Trinajstić information content (AvgIpc) is 2.90. The van der Waals surface area contributed by atoms with Gasteiger partial charge in [-0.15, -0.1) is 0 Å². The van der Waals surface area contributed by atoms with E-state index in [-0.39, 0.29) is 11.8 Å². The van der Waals surface area contributed by atoms with Crippen LogP contribution < -0.4 is 10.1 Å². The lowest BCUT2D eigenvalue weighted by molar-refractivity contribution is -0.132. The van der Waals surface area contributed by atoms with Crippen molar-refractivity contribution in [3.8, 4) is 5.75 Å². The van der Waals surface area contributed by atoms with Crippen molar-refractivity contribution in [3.63, 3.8) is 0 Å². The second kappa shape index (κ2) is 8.71. The summed E-state index contributed by atoms with van der Waals surface area (Å²) >= 11 is 0. The normalized spacial score (nSPS) is 18.1. The van der Waals surface area contributed by atoms with Crippen LogP contribution >= 0.6 is 0 Å². The third-order valence-corrected chi connectivity index (χ3v) is 6.60. The van der Waals surface area contributed by atoms with E-state index in [1.807, 2.05) is 61.2 Å². The fraction of sp³-hybridized carbons (Fsp3) is 0.440. The maximum atomic E-state index is 12.6. The first kappa shape index (κ1) is 21.4. The van der Waals surface area contributed by atoms with Gasteiger partial charge in [0.05, 0.1) is 13.1 Å². The van der Waals surface area contributed by atoms with Gasteiger partial charge in [-0.1, -0.05) is 30.3 Å². The molecule has 2 aliphatic rings. The summed E-state index contributed by atoms with van der Waals surface area (Å²) in [5, 5.41) is 3.05. The van der Waals surface area contributed by atoms with Gasteiger partial charge in [-0.25, -0.2) is 0 Å². The number of anilines is 1. The van der Waals surface area contributed by atoms with E-state index in [4.69, 9.17) is 4.74 Å². The number of rotatable bonds is 3. The quantitative estimate of drug-likeness (QED) is 0.824. The van der Waals surface area contributed by atoms with Gasteiger partial charge in [-0.05, 0) is 37.1 Å². The number of amides is 2. The molecule has 4 rings (SSSR count). The number of aryl methyl sites for hydroxylation is 1. The van der Waals surface area contributed by atoms with E-state index in [0.29, 0.717) is 19.6 Å². The molecule has 0 aliphatic carbocycles. The SMILES string of the molecule is CC(=O)N1Cc2ccccc2OC2(CCN(CC(=O)Nc3cccc(C)c3C)CC2)C1. The van der Waals surface area contributed by atoms with Crippen molar-refractivity contribution >= 4 is 17.5 Å². The summed E-state index contributed by atoms with van der Waals surface area (Å²) in [6.07, 6.45) is 1.56. The minimum atomic E-state index is -0.404. The van der Waals surface area contributed by atoms with Gasteiger partial charge in [0.2, 0.25) is 11.8 Å². The van der Waals surface area contributed by atoms with Crippen molar-refractivity contribution in [3.05, 3.63) is 59.2 Å². The largest absolute Gasteiger partial charge is 0.485 e. The van der Waals surface area contributed by atoms with Crippen LogP contribution in [-0.2, 0) is 16.1 Å². The Labute approximate surface area is 184 Å². The molecule has 0 radical (unpaired) electrons. The number of hydrogen-bond donors (Lipinski definition) is 1. The number of benzene rings is 2. The number of carbonyl (C=O) groups excluding carboxylic acids is 2. The molecule has 2 heterocycles. The lowest BCUT2D eigenvalue weighted by atomic mass is 9.90. The molecule has 2 amide bonds.